The number of carbonyl (C=O) groups is 1. The third-order valence-corrected chi connectivity index (χ3v) is 5.18. The molecule has 2 aliphatic heterocycles. The van der Waals surface area contributed by atoms with Crippen LogP contribution in [0, 0.1) is 5.92 Å². The second-order valence-electron chi connectivity index (χ2n) is 5.48. The number of likely N-dealkylation sites (N-methyl/N-ethyl adjacent to an activating group) is 2. The molecule has 2 fully saturated rings. The minimum Gasteiger partial charge on any atom is -0.358 e. The van der Waals surface area contributed by atoms with Gasteiger partial charge >= 0.3 is 0 Å². The largest absolute Gasteiger partial charge is 0.358 e. The van der Waals surface area contributed by atoms with Crippen molar-refractivity contribution in [1.29, 1.82) is 0 Å². The van der Waals surface area contributed by atoms with Gasteiger partial charge in [-0.3, -0.25) is 14.6 Å². The Bertz CT molecular complexity index is 450. The molecule has 0 radical (unpaired) electrons. The number of aromatic nitrogens is 1. The SMILES string of the molecule is CNC(=O)[C@H]1C[C@@H]2CN(Cc3nccs3)C[C@@H]2N1C. The van der Waals surface area contributed by atoms with Crippen LogP contribution < -0.4 is 5.32 Å². The van der Waals surface area contributed by atoms with E-state index in [0.29, 0.717) is 12.0 Å². The Morgan fingerprint density at radius 1 is 1.58 bits per heavy atom. The quantitative estimate of drug-likeness (QED) is 0.870. The van der Waals surface area contributed by atoms with E-state index >= 15 is 0 Å². The van der Waals surface area contributed by atoms with Gasteiger partial charge in [-0.05, 0) is 19.4 Å². The van der Waals surface area contributed by atoms with Crippen LogP contribution in [-0.4, -0.2) is 60.0 Å². The molecule has 1 N–H and O–H groups in total. The lowest BCUT2D eigenvalue weighted by atomic mass is 10.0. The van der Waals surface area contributed by atoms with Gasteiger partial charge in [-0.15, -0.1) is 11.3 Å². The minimum absolute atomic E-state index is 0.0574. The van der Waals surface area contributed by atoms with Crippen LogP contribution in [-0.2, 0) is 11.3 Å². The van der Waals surface area contributed by atoms with Crippen LogP contribution in [0.2, 0.25) is 0 Å². The molecule has 0 unspecified atom stereocenters. The molecule has 6 heteroatoms. The van der Waals surface area contributed by atoms with Gasteiger partial charge in [0.05, 0.1) is 12.6 Å². The fourth-order valence-corrected chi connectivity index (χ4v) is 4.09. The highest BCUT2D eigenvalue weighted by Crippen LogP contribution is 2.35. The summed E-state index contributed by atoms with van der Waals surface area (Å²) >= 11 is 1.72. The van der Waals surface area contributed by atoms with Gasteiger partial charge < -0.3 is 5.32 Å². The first-order valence-corrected chi connectivity index (χ1v) is 7.61. The van der Waals surface area contributed by atoms with E-state index in [0.717, 1.165) is 26.1 Å². The topological polar surface area (TPSA) is 48.5 Å². The van der Waals surface area contributed by atoms with Crippen molar-refractivity contribution in [1.82, 2.24) is 20.1 Å². The molecule has 3 heterocycles. The van der Waals surface area contributed by atoms with Gasteiger partial charge in [-0.1, -0.05) is 0 Å². The first-order chi connectivity index (χ1) is 9.19. The molecule has 19 heavy (non-hydrogen) atoms. The smallest absolute Gasteiger partial charge is 0.237 e. The first kappa shape index (κ1) is 13.0. The first-order valence-electron chi connectivity index (χ1n) is 6.73. The van der Waals surface area contributed by atoms with E-state index in [9.17, 15) is 4.79 Å². The summed E-state index contributed by atoms with van der Waals surface area (Å²) in [6.45, 7) is 3.08. The fraction of sp³-hybridized carbons (Fsp3) is 0.692. The highest BCUT2D eigenvalue weighted by atomic mass is 32.1. The number of amides is 1. The standard InChI is InChI=1S/C13H20N4OS/c1-14-13(18)10-5-9-6-17(7-11(9)16(10)2)8-12-15-3-4-19-12/h3-4,9-11H,5-8H2,1-2H3,(H,14,18)/t9-,10-,11+/m1/s1. The maximum Gasteiger partial charge on any atom is 0.237 e. The van der Waals surface area contributed by atoms with Crippen molar-refractivity contribution in [3.63, 3.8) is 0 Å². The predicted molar refractivity (Wildman–Crippen MR) is 74.9 cm³/mol. The average Bonchev–Trinajstić information content (AvgIpc) is 3.09. The van der Waals surface area contributed by atoms with Crippen LogP contribution >= 0.6 is 11.3 Å². The lowest BCUT2D eigenvalue weighted by Gasteiger charge is -2.25. The van der Waals surface area contributed by atoms with Crippen molar-refractivity contribution < 1.29 is 4.79 Å². The van der Waals surface area contributed by atoms with Crippen molar-refractivity contribution in [3.8, 4) is 0 Å². The monoisotopic (exact) mass is 280 g/mol. The molecule has 1 aromatic heterocycles. The van der Waals surface area contributed by atoms with Gasteiger partial charge in [-0.2, -0.15) is 0 Å². The molecule has 1 amide bonds. The molecular formula is C13H20N4OS. The Hall–Kier alpha value is -0.980. The van der Waals surface area contributed by atoms with Crippen LogP contribution in [0.3, 0.4) is 0 Å². The van der Waals surface area contributed by atoms with E-state index in [1.54, 1.807) is 18.4 Å². The summed E-state index contributed by atoms with van der Waals surface area (Å²) in [5.74, 6) is 0.774. The highest BCUT2D eigenvalue weighted by molar-refractivity contribution is 7.09. The van der Waals surface area contributed by atoms with Crippen molar-refractivity contribution in [2.75, 3.05) is 27.2 Å². The summed E-state index contributed by atoms with van der Waals surface area (Å²) < 4.78 is 0. The molecule has 2 saturated heterocycles. The summed E-state index contributed by atoms with van der Waals surface area (Å²) in [6, 6.07) is 0.573. The van der Waals surface area contributed by atoms with Gasteiger partial charge in [0, 0.05) is 37.8 Å². The number of likely N-dealkylation sites (tertiary alicyclic amines) is 2. The predicted octanol–water partition coefficient (Wildman–Crippen LogP) is 0.394. The van der Waals surface area contributed by atoms with Crippen LogP contribution in [0.15, 0.2) is 11.6 Å². The van der Waals surface area contributed by atoms with E-state index in [1.807, 2.05) is 11.6 Å². The minimum atomic E-state index is 0.0574. The second-order valence-corrected chi connectivity index (χ2v) is 6.46. The van der Waals surface area contributed by atoms with Gasteiger partial charge in [0.1, 0.15) is 5.01 Å². The van der Waals surface area contributed by atoms with Crippen molar-refractivity contribution in [2.45, 2.75) is 25.0 Å². The van der Waals surface area contributed by atoms with Crippen molar-refractivity contribution in [3.05, 3.63) is 16.6 Å². The Morgan fingerprint density at radius 3 is 3.05 bits per heavy atom. The summed E-state index contributed by atoms with van der Waals surface area (Å²) in [6.07, 6.45) is 2.85. The third kappa shape index (κ3) is 2.40. The van der Waals surface area contributed by atoms with Gasteiger partial charge in [0.2, 0.25) is 5.91 Å². The van der Waals surface area contributed by atoms with E-state index in [-0.39, 0.29) is 11.9 Å². The summed E-state index contributed by atoms with van der Waals surface area (Å²) in [5.41, 5.74) is 0. The molecule has 0 bridgehead atoms. The number of thiazole rings is 1. The molecule has 0 saturated carbocycles. The van der Waals surface area contributed by atoms with Crippen molar-refractivity contribution in [2.24, 2.45) is 5.92 Å². The van der Waals surface area contributed by atoms with Crippen LogP contribution in [0.1, 0.15) is 11.4 Å². The maximum absolute atomic E-state index is 11.8. The summed E-state index contributed by atoms with van der Waals surface area (Å²) in [4.78, 5) is 20.9. The molecule has 3 rings (SSSR count). The van der Waals surface area contributed by atoms with Gasteiger partial charge in [0.15, 0.2) is 0 Å². The Kier molecular flexibility index (Phi) is 3.56. The average molecular weight is 280 g/mol. The van der Waals surface area contributed by atoms with Crippen LogP contribution in [0.4, 0.5) is 0 Å². The van der Waals surface area contributed by atoms with Crippen LogP contribution in [0.25, 0.3) is 0 Å². The lowest BCUT2D eigenvalue weighted by molar-refractivity contribution is -0.125. The van der Waals surface area contributed by atoms with Gasteiger partial charge in [0.25, 0.3) is 0 Å². The number of carbonyl (C=O) groups excluding carboxylic acids is 1. The normalized spacial score (nSPS) is 31.6. The van der Waals surface area contributed by atoms with Crippen molar-refractivity contribution >= 4 is 17.2 Å². The van der Waals surface area contributed by atoms with Gasteiger partial charge in [-0.25, -0.2) is 4.98 Å². The summed E-state index contributed by atoms with van der Waals surface area (Å²) in [7, 11) is 3.80. The number of hydrogen-bond donors (Lipinski definition) is 1. The molecular weight excluding hydrogens is 260 g/mol. The molecule has 2 aliphatic rings. The molecule has 104 valence electrons. The third-order valence-electron chi connectivity index (χ3n) is 4.41. The number of hydrogen-bond acceptors (Lipinski definition) is 5. The zero-order chi connectivity index (χ0) is 13.4. The van der Waals surface area contributed by atoms with E-state index < -0.39 is 0 Å². The molecule has 0 aliphatic carbocycles. The molecule has 0 spiro atoms. The second kappa shape index (κ2) is 5.19. The Morgan fingerprint density at radius 2 is 2.42 bits per heavy atom. The number of fused-ring (bicyclic) bond motifs is 1. The molecule has 0 aromatic carbocycles. The van der Waals surface area contributed by atoms with Crippen LogP contribution in [0.5, 0.6) is 0 Å². The maximum atomic E-state index is 11.8. The fourth-order valence-electron chi connectivity index (χ4n) is 3.43. The van der Waals surface area contributed by atoms with E-state index in [2.05, 4.69) is 27.1 Å². The molecule has 1 aromatic rings. The zero-order valence-electron chi connectivity index (χ0n) is 11.4. The molecule has 3 atom stereocenters. The summed E-state index contributed by atoms with van der Waals surface area (Å²) in [5, 5.41) is 5.99. The number of nitrogens with zero attached hydrogens (tertiary/aromatic N) is 3. The molecule has 5 nitrogen and oxygen atoms in total. The Labute approximate surface area is 117 Å². The number of rotatable bonds is 3. The number of nitrogens with one attached hydrogen (secondary N) is 1. The zero-order valence-corrected chi connectivity index (χ0v) is 12.2. The Balaban J connectivity index is 1.61. The highest BCUT2D eigenvalue weighted by Gasteiger charge is 2.46. The van der Waals surface area contributed by atoms with E-state index in [1.165, 1.54) is 5.01 Å². The van der Waals surface area contributed by atoms with E-state index in [4.69, 9.17) is 0 Å². The lowest BCUT2D eigenvalue weighted by Crippen LogP contribution is -2.44.